The lowest BCUT2D eigenvalue weighted by Gasteiger charge is -2.29. The maximum atomic E-state index is 13.7. The highest BCUT2D eigenvalue weighted by molar-refractivity contribution is 7.92. The number of carbonyl (C=O) groups is 1. The first kappa shape index (κ1) is 18.3. The highest BCUT2D eigenvalue weighted by Gasteiger charge is 2.27. The molecule has 138 valence electrons. The minimum atomic E-state index is -3.41. The van der Waals surface area contributed by atoms with E-state index >= 15 is 0 Å². The molecule has 0 aliphatic carbocycles. The summed E-state index contributed by atoms with van der Waals surface area (Å²) >= 11 is 0. The topological polar surface area (TPSA) is 66.5 Å². The van der Waals surface area contributed by atoms with Crippen LogP contribution in [-0.4, -0.2) is 26.6 Å². The summed E-state index contributed by atoms with van der Waals surface area (Å²) in [5.74, 6) is -2.16. The average Bonchev–Trinajstić information content (AvgIpc) is 2.58. The molecule has 0 atom stereocenters. The molecule has 8 heteroatoms. The number of halogens is 2. The zero-order valence-corrected chi connectivity index (χ0v) is 14.9. The predicted molar refractivity (Wildman–Crippen MR) is 95.9 cm³/mol. The van der Waals surface area contributed by atoms with Crippen molar-refractivity contribution in [1.82, 2.24) is 0 Å². The van der Waals surface area contributed by atoms with Crippen LogP contribution < -0.4 is 9.62 Å². The van der Waals surface area contributed by atoms with Crippen LogP contribution in [0.4, 0.5) is 20.2 Å². The molecule has 2 aromatic carbocycles. The van der Waals surface area contributed by atoms with E-state index in [2.05, 4.69) is 5.32 Å². The molecule has 1 fully saturated rings. The Labute approximate surface area is 150 Å². The number of hydrogen-bond donors (Lipinski definition) is 1. The van der Waals surface area contributed by atoms with Crippen molar-refractivity contribution in [2.45, 2.75) is 19.8 Å². The molecule has 26 heavy (non-hydrogen) atoms. The summed E-state index contributed by atoms with van der Waals surface area (Å²) in [6.45, 7) is 2.13. The van der Waals surface area contributed by atoms with Gasteiger partial charge in [0, 0.05) is 18.2 Å². The summed E-state index contributed by atoms with van der Waals surface area (Å²) in [5.41, 5.74) is 1.20. The maximum absolute atomic E-state index is 13.7. The van der Waals surface area contributed by atoms with Crippen molar-refractivity contribution in [3.05, 3.63) is 59.2 Å². The molecule has 1 aliphatic rings. The van der Waals surface area contributed by atoms with Crippen LogP contribution in [0.5, 0.6) is 0 Å². The summed E-state index contributed by atoms with van der Waals surface area (Å²) < 4.78 is 52.7. The van der Waals surface area contributed by atoms with Gasteiger partial charge in [-0.25, -0.2) is 17.2 Å². The molecule has 0 aromatic heterocycles. The monoisotopic (exact) mass is 380 g/mol. The van der Waals surface area contributed by atoms with Crippen molar-refractivity contribution in [1.29, 1.82) is 0 Å². The summed E-state index contributed by atoms with van der Waals surface area (Å²) in [6.07, 6.45) is 1.36. The molecule has 0 unspecified atom stereocenters. The molecule has 1 heterocycles. The minimum Gasteiger partial charge on any atom is -0.319 e. The van der Waals surface area contributed by atoms with Crippen molar-refractivity contribution in [3.8, 4) is 0 Å². The number of sulfonamides is 1. The number of aryl methyl sites for hydroxylation is 1. The second-order valence-corrected chi connectivity index (χ2v) is 8.19. The van der Waals surface area contributed by atoms with Crippen molar-refractivity contribution in [2.24, 2.45) is 0 Å². The third-order valence-electron chi connectivity index (χ3n) is 4.27. The highest BCUT2D eigenvalue weighted by Crippen LogP contribution is 2.28. The summed E-state index contributed by atoms with van der Waals surface area (Å²) in [6, 6.07) is 7.51. The van der Waals surface area contributed by atoms with Gasteiger partial charge in [-0.1, -0.05) is 6.07 Å². The first-order valence-corrected chi connectivity index (χ1v) is 9.76. The average molecular weight is 380 g/mol. The van der Waals surface area contributed by atoms with Crippen LogP contribution in [-0.2, 0) is 10.0 Å². The minimum absolute atomic E-state index is 0.0731. The number of nitrogens with zero attached hydrogens (tertiary/aromatic N) is 1. The van der Waals surface area contributed by atoms with Crippen LogP contribution >= 0.6 is 0 Å². The number of hydrogen-bond acceptors (Lipinski definition) is 3. The van der Waals surface area contributed by atoms with Crippen LogP contribution in [0.2, 0.25) is 0 Å². The lowest BCUT2D eigenvalue weighted by Crippen LogP contribution is -2.38. The fourth-order valence-corrected chi connectivity index (χ4v) is 4.56. The number of nitrogens with one attached hydrogen (secondary N) is 1. The van der Waals surface area contributed by atoms with E-state index in [9.17, 15) is 22.0 Å². The molecule has 5 nitrogen and oxygen atoms in total. The molecule has 3 rings (SSSR count). The first-order valence-electron chi connectivity index (χ1n) is 8.15. The van der Waals surface area contributed by atoms with Gasteiger partial charge in [-0.15, -0.1) is 0 Å². The van der Waals surface area contributed by atoms with Crippen LogP contribution in [0.25, 0.3) is 0 Å². The Kier molecular flexibility index (Phi) is 4.95. The van der Waals surface area contributed by atoms with Crippen molar-refractivity contribution in [2.75, 3.05) is 21.9 Å². The molecule has 0 saturated carbocycles. The van der Waals surface area contributed by atoms with Crippen LogP contribution in [0.15, 0.2) is 36.4 Å². The van der Waals surface area contributed by atoms with Gasteiger partial charge in [-0.3, -0.25) is 9.10 Å². The summed E-state index contributed by atoms with van der Waals surface area (Å²) in [4.78, 5) is 12.4. The van der Waals surface area contributed by atoms with Crippen molar-refractivity contribution < 1.29 is 22.0 Å². The smallest absolute Gasteiger partial charge is 0.255 e. The number of carbonyl (C=O) groups excluding carboxylic acids is 1. The number of amides is 1. The Morgan fingerprint density at radius 2 is 1.88 bits per heavy atom. The Hall–Kier alpha value is -2.48. The van der Waals surface area contributed by atoms with Gasteiger partial charge in [0.15, 0.2) is 0 Å². The van der Waals surface area contributed by atoms with Gasteiger partial charge in [0.05, 0.1) is 17.1 Å². The molecular formula is C18H18F2N2O3S. The zero-order valence-electron chi connectivity index (χ0n) is 14.1. The van der Waals surface area contributed by atoms with E-state index in [1.807, 2.05) is 0 Å². The third-order valence-corrected chi connectivity index (χ3v) is 6.12. The number of rotatable bonds is 3. The van der Waals surface area contributed by atoms with E-state index in [0.717, 1.165) is 24.1 Å². The fourth-order valence-electron chi connectivity index (χ4n) is 2.86. The lowest BCUT2D eigenvalue weighted by molar-refractivity contribution is 0.102. The highest BCUT2D eigenvalue weighted by atomic mass is 32.2. The number of anilines is 2. The van der Waals surface area contributed by atoms with E-state index in [1.165, 1.54) is 16.4 Å². The molecule has 0 radical (unpaired) electrons. The molecule has 1 aliphatic heterocycles. The maximum Gasteiger partial charge on any atom is 0.255 e. The van der Waals surface area contributed by atoms with Gasteiger partial charge in [0.1, 0.15) is 11.6 Å². The summed E-state index contributed by atoms with van der Waals surface area (Å²) in [7, 11) is -3.41. The van der Waals surface area contributed by atoms with Crippen molar-refractivity contribution >= 4 is 27.3 Å². The molecule has 1 N–H and O–H groups in total. The van der Waals surface area contributed by atoms with Gasteiger partial charge in [0.2, 0.25) is 10.0 Å². The largest absolute Gasteiger partial charge is 0.319 e. The fraction of sp³-hybridized carbons (Fsp3) is 0.278. The second kappa shape index (κ2) is 7.03. The normalized spacial score (nSPS) is 16.3. The van der Waals surface area contributed by atoms with E-state index in [-0.39, 0.29) is 17.0 Å². The standard InChI is InChI=1S/C18H18F2N2O3S/c1-12-4-5-13(10-17(12)22-8-2-3-9-26(22,24)25)18(23)21-16-7-6-14(19)11-15(16)20/h4-7,10-11H,2-3,8-9H2,1H3,(H,21,23). The Morgan fingerprint density at radius 1 is 1.12 bits per heavy atom. The molecule has 0 spiro atoms. The van der Waals surface area contributed by atoms with E-state index in [4.69, 9.17) is 0 Å². The van der Waals surface area contributed by atoms with Crippen LogP contribution in [0, 0.1) is 18.6 Å². The van der Waals surface area contributed by atoms with Gasteiger partial charge in [0.25, 0.3) is 5.91 Å². The Balaban J connectivity index is 1.90. The summed E-state index contributed by atoms with van der Waals surface area (Å²) in [5, 5.41) is 2.38. The number of benzene rings is 2. The Bertz CT molecular complexity index is 961. The predicted octanol–water partition coefficient (Wildman–Crippen LogP) is 3.46. The second-order valence-electron chi connectivity index (χ2n) is 6.17. The first-order chi connectivity index (χ1) is 12.3. The zero-order chi connectivity index (χ0) is 18.9. The van der Waals surface area contributed by atoms with Gasteiger partial charge >= 0.3 is 0 Å². The molecule has 1 saturated heterocycles. The van der Waals surface area contributed by atoms with Gasteiger partial charge in [-0.05, 0) is 49.6 Å². The Morgan fingerprint density at radius 3 is 2.58 bits per heavy atom. The van der Waals surface area contributed by atoms with Gasteiger partial charge in [-0.2, -0.15) is 0 Å². The quantitative estimate of drug-likeness (QED) is 0.887. The van der Waals surface area contributed by atoms with E-state index in [0.29, 0.717) is 24.7 Å². The van der Waals surface area contributed by atoms with E-state index < -0.39 is 27.6 Å². The van der Waals surface area contributed by atoms with Crippen LogP contribution in [0.1, 0.15) is 28.8 Å². The SMILES string of the molecule is Cc1ccc(C(=O)Nc2ccc(F)cc2F)cc1N1CCCCS1(=O)=O. The van der Waals surface area contributed by atoms with Crippen molar-refractivity contribution in [3.63, 3.8) is 0 Å². The molecular weight excluding hydrogens is 362 g/mol. The molecule has 2 aromatic rings. The lowest BCUT2D eigenvalue weighted by atomic mass is 10.1. The third kappa shape index (κ3) is 3.70. The van der Waals surface area contributed by atoms with E-state index in [1.54, 1.807) is 13.0 Å². The molecule has 0 bridgehead atoms. The van der Waals surface area contributed by atoms with Gasteiger partial charge < -0.3 is 5.32 Å². The molecule has 1 amide bonds. The van der Waals surface area contributed by atoms with Crippen LogP contribution in [0.3, 0.4) is 0 Å².